The first-order valence-electron chi connectivity index (χ1n) is 6.21. The number of hydrogen-bond acceptors (Lipinski definition) is 4. The number of hydrogen-bond donors (Lipinski definition) is 1. The molecule has 0 spiro atoms. The van der Waals surface area contributed by atoms with Crippen molar-refractivity contribution in [2.75, 3.05) is 7.11 Å². The maximum absolute atomic E-state index is 10.2. The second-order valence-electron chi connectivity index (χ2n) is 4.53. The second kappa shape index (κ2) is 4.90. The van der Waals surface area contributed by atoms with Crippen LogP contribution in [0.25, 0.3) is 0 Å². The number of fused-ring (bicyclic) bond motifs is 1. The fourth-order valence-electron chi connectivity index (χ4n) is 2.30. The molecule has 2 heterocycles. The Bertz CT molecular complexity index is 568. The first kappa shape index (κ1) is 12.0. The van der Waals surface area contributed by atoms with E-state index in [0.717, 1.165) is 16.9 Å². The van der Waals surface area contributed by atoms with Crippen molar-refractivity contribution in [2.24, 2.45) is 0 Å². The number of pyridine rings is 1. The smallest absolute Gasteiger partial charge is 0.212 e. The Labute approximate surface area is 111 Å². The van der Waals surface area contributed by atoms with E-state index >= 15 is 0 Å². The quantitative estimate of drug-likeness (QED) is 0.898. The summed E-state index contributed by atoms with van der Waals surface area (Å²) in [4.78, 5) is 4.17. The Balaban J connectivity index is 1.87. The lowest BCUT2D eigenvalue weighted by atomic mass is 9.96. The lowest BCUT2D eigenvalue weighted by Crippen LogP contribution is -2.19. The number of aliphatic hydroxyl groups is 1. The van der Waals surface area contributed by atoms with Gasteiger partial charge in [-0.3, -0.25) is 0 Å². The number of nitrogens with zero attached hydrogens (tertiary/aromatic N) is 1. The van der Waals surface area contributed by atoms with Gasteiger partial charge in [0.15, 0.2) is 0 Å². The molecule has 1 aliphatic heterocycles. The van der Waals surface area contributed by atoms with Crippen molar-refractivity contribution >= 4 is 0 Å². The maximum atomic E-state index is 10.2. The largest absolute Gasteiger partial charge is 0.485 e. The molecule has 2 unspecified atom stereocenters. The summed E-state index contributed by atoms with van der Waals surface area (Å²) in [6, 6.07) is 11.3. The monoisotopic (exact) mass is 257 g/mol. The lowest BCUT2D eigenvalue weighted by molar-refractivity contribution is 0.0655. The average molecular weight is 257 g/mol. The van der Waals surface area contributed by atoms with Gasteiger partial charge in [0.2, 0.25) is 5.88 Å². The minimum atomic E-state index is -0.503. The van der Waals surface area contributed by atoms with E-state index in [-0.39, 0.29) is 6.10 Å². The summed E-state index contributed by atoms with van der Waals surface area (Å²) >= 11 is 0. The molecule has 0 saturated heterocycles. The topological polar surface area (TPSA) is 51.6 Å². The number of ether oxygens (including phenoxy) is 2. The van der Waals surface area contributed by atoms with Gasteiger partial charge in [-0.1, -0.05) is 18.2 Å². The van der Waals surface area contributed by atoms with Crippen LogP contribution in [0.2, 0.25) is 0 Å². The molecular formula is C15H15NO3. The molecule has 1 aromatic heterocycles. The zero-order chi connectivity index (χ0) is 13.2. The summed E-state index contributed by atoms with van der Waals surface area (Å²) in [7, 11) is 1.58. The molecule has 4 nitrogen and oxygen atoms in total. The van der Waals surface area contributed by atoms with Gasteiger partial charge in [-0.15, -0.1) is 0 Å². The molecule has 2 atom stereocenters. The zero-order valence-corrected chi connectivity index (χ0v) is 10.6. The van der Waals surface area contributed by atoms with Gasteiger partial charge in [-0.2, -0.15) is 0 Å². The molecule has 3 rings (SSSR count). The van der Waals surface area contributed by atoms with Crippen LogP contribution in [0.1, 0.15) is 29.8 Å². The second-order valence-corrected chi connectivity index (χ2v) is 4.53. The molecule has 1 aromatic carbocycles. The van der Waals surface area contributed by atoms with Crippen molar-refractivity contribution in [3.63, 3.8) is 0 Å². The Hall–Kier alpha value is -2.07. The fraction of sp³-hybridized carbons (Fsp3) is 0.267. The van der Waals surface area contributed by atoms with Crippen molar-refractivity contribution in [2.45, 2.75) is 18.6 Å². The van der Waals surface area contributed by atoms with E-state index in [2.05, 4.69) is 4.98 Å². The number of benzene rings is 1. The maximum Gasteiger partial charge on any atom is 0.212 e. The molecule has 1 N–H and O–H groups in total. The molecule has 19 heavy (non-hydrogen) atoms. The molecule has 98 valence electrons. The Kier molecular flexibility index (Phi) is 3.09. The van der Waals surface area contributed by atoms with E-state index in [4.69, 9.17) is 9.47 Å². The van der Waals surface area contributed by atoms with Crippen LogP contribution in [0.5, 0.6) is 11.6 Å². The van der Waals surface area contributed by atoms with Gasteiger partial charge in [0.1, 0.15) is 11.9 Å². The average Bonchev–Trinajstić information content (AvgIpc) is 2.47. The molecule has 1 aliphatic rings. The van der Waals surface area contributed by atoms with Crippen LogP contribution >= 0.6 is 0 Å². The molecule has 2 aromatic rings. The Morgan fingerprint density at radius 2 is 2.11 bits per heavy atom. The molecular weight excluding hydrogens is 242 g/mol. The van der Waals surface area contributed by atoms with Gasteiger partial charge >= 0.3 is 0 Å². The van der Waals surface area contributed by atoms with Gasteiger partial charge in [-0.05, 0) is 12.1 Å². The number of aliphatic hydroxyl groups excluding tert-OH is 1. The highest BCUT2D eigenvalue weighted by molar-refractivity contribution is 5.38. The van der Waals surface area contributed by atoms with Crippen LogP contribution < -0.4 is 9.47 Å². The molecule has 0 amide bonds. The predicted octanol–water partition coefficient (Wildman–Crippen LogP) is 2.65. The summed E-state index contributed by atoms with van der Waals surface area (Å²) in [6.07, 6.45) is 1.58. The summed E-state index contributed by atoms with van der Waals surface area (Å²) < 4.78 is 11.0. The minimum Gasteiger partial charge on any atom is -0.485 e. The first-order valence-corrected chi connectivity index (χ1v) is 6.21. The number of methoxy groups -OCH3 is 1. The summed E-state index contributed by atoms with van der Waals surface area (Å²) in [5, 5.41) is 10.2. The molecule has 4 heteroatoms. The zero-order valence-electron chi connectivity index (χ0n) is 10.6. The highest BCUT2D eigenvalue weighted by Crippen LogP contribution is 2.40. The highest BCUT2D eigenvalue weighted by atomic mass is 16.5. The van der Waals surface area contributed by atoms with E-state index in [1.165, 1.54) is 0 Å². The van der Waals surface area contributed by atoms with Crippen molar-refractivity contribution in [3.05, 3.63) is 53.7 Å². The third kappa shape index (κ3) is 2.27. The molecule has 0 saturated carbocycles. The van der Waals surface area contributed by atoms with Crippen LogP contribution in [0.3, 0.4) is 0 Å². The number of para-hydroxylation sites is 1. The van der Waals surface area contributed by atoms with Gasteiger partial charge in [0, 0.05) is 29.8 Å². The van der Waals surface area contributed by atoms with E-state index < -0.39 is 6.10 Å². The van der Waals surface area contributed by atoms with E-state index in [1.54, 1.807) is 19.4 Å². The third-order valence-electron chi connectivity index (χ3n) is 3.32. The molecule has 0 radical (unpaired) electrons. The van der Waals surface area contributed by atoms with E-state index in [0.29, 0.717) is 12.3 Å². The summed E-state index contributed by atoms with van der Waals surface area (Å²) in [6.45, 7) is 0. The van der Waals surface area contributed by atoms with Gasteiger partial charge in [-0.25, -0.2) is 4.98 Å². The van der Waals surface area contributed by atoms with Gasteiger partial charge in [0.05, 0.1) is 13.2 Å². The van der Waals surface area contributed by atoms with E-state index in [9.17, 15) is 5.11 Å². The molecule has 0 aliphatic carbocycles. The highest BCUT2D eigenvalue weighted by Gasteiger charge is 2.27. The minimum absolute atomic E-state index is 0.177. The normalized spacial score (nSPS) is 21.4. The van der Waals surface area contributed by atoms with E-state index in [1.807, 2.05) is 30.3 Å². The van der Waals surface area contributed by atoms with Crippen molar-refractivity contribution < 1.29 is 14.6 Å². The fourth-order valence-corrected chi connectivity index (χ4v) is 2.30. The Morgan fingerprint density at radius 3 is 2.84 bits per heavy atom. The lowest BCUT2D eigenvalue weighted by Gasteiger charge is -2.29. The van der Waals surface area contributed by atoms with Gasteiger partial charge < -0.3 is 14.6 Å². The van der Waals surface area contributed by atoms with Crippen molar-refractivity contribution in [1.29, 1.82) is 0 Å². The van der Waals surface area contributed by atoms with Crippen LogP contribution in [-0.4, -0.2) is 17.2 Å². The van der Waals surface area contributed by atoms with Crippen LogP contribution in [0.15, 0.2) is 42.6 Å². The Morgan fingerprint density at radius 1 is 1.26 bits per heavy atom. The number of rotatable bonds is 2. The number of aromatic nitrogens is 1. The predicted molar refractivity (Wildman–Crippen MR) is 70.2 cm³/mol. The third-order valence-corrected chi connectivity index (χ3v) is 3.32. The summed E-state index contributed by atoms with van der Waals surface area (Å²) in [5.74, 6) is 1.31. The standard InChI is InChI=1S/C15H15NO3/c1-18-15-7-6-10(9-16-15)14-8-12(17)11-4-2-3-5-13(11)19-14/h2-7,9,12,14,17H,8H2,1H3. The SMILES string of the molecule is COc1ccc(C2CC(O)c3ccccc3O2)cn1. The summed E-state index contributed by atoms with van der Waals surface area (Å²) in [5.41, 5.74) is 1.79. The molecule has 0 bridgehead atoms. The van der Waals surface area contributed by atoms with Crippen LogP contribution in [0, 0.1) is 0 Å². The van der Waals surface area contributed by atoms with Gasteiger partial charge in [0.25, 0.3) is 0 Å². The van der Waals surface area contributed by atoms with Crippen LogP contribution in [-0.2, 0) is 0 Å². The molecule has 0 fully saturated rings. The van der Waals surface area contributed by atoms with Crippen molar-refractivity contribution in [1.82, 2.24) is 4.98 Å². The first-order chi connectivity index (χ1) is 9.28. The van der Waals surface area contributed by atoms with Crippen LogP contribution in [0.4, 0.5) is 0 Å². The van der Waals surface area contributed by atoms with Crippen molar-refractivity contribution in [3.8, 4) is 11.6 Å².